The maximum atomic E-state index is 13.8. The highest BCUT2D eigenvalue weighted by atomic mass is 127. The molecule has 1 amide bonds. The number of allylic oxidation sites excluding steroid dienone is 1. The summed E-state index contributed by atoms with van der Waals surface area (Å²) in [5, 5.41) is 10.9. The number of fused-ring (bicyclic) bond motifs is 1. The Hall–Kier alpha value is -2.63. The zero-order valence-corrected chi connectivity index (χ0v) is 24.6. The van der Waals surface area contributed by atoms with Crippen molar-refractivity contribution in [2.45, 2.75) is 33.7 Å². The molecule has 0 saturated heterocycles. The standard InChI is InChI=1S/C27H27ClIN3O4S/c1-5-31(6-2)26(35)22-15(4)30-27-32(23(22)17-8-10-18(28)11-9-17)25(34)21(37-27)14-16-12-19(29)24(33)20(13-16)36-7-3/h8-14,23,33H,5-7H2,1-4H3/b21-14+/t23-/m0/s1. The molecule has 0 bridgehead atoms. The van der Waals surface area contributed by atoms with Gasteiger partial charge >= 0.3 is 0 Å². The van der Waals surface area contributed by atoms with Gasteiger partial charge < -0.3 is 14.7 Å². The molecule has 2 heterocycles. The van der Waals surface area contributed by atoms with Crippen LogP contribution in [0.15, 0.2) is 57.5 Å². The highest BCUT2D eigenvalue weighted by Crippen LogP contribution is 2.34. The van der Waals surface area contributed by atoms with Crippen molar-refractivity contribution in [2.75, 3.05) is 19.7 Å². The van der Waals surface area contributed by atoms with Crippen LogP contribution in [0.2, 0.25) is 5.02 Å². The minimum Gasteiger partial charge on any atom is -0.504 e. The molecule has 37 heavy (non-hydrogen) atoms. The Bertz CT molecular complexity index is 1560. The number of amides is 1. The number of carbonyl (C=O) groups excluding carboxylic acids is 1. The third-order valence-electron chi connectivity index (χ3n) is 6.14. The van der Waals surface area contributed by atoms with Gasteiger partial charge in [-0.25, -0.2) is 4.99 Å². The molecule has 10 heteroatoms. The van der Waals surface area contributed by atoms with Crippen LogP contribution >= 0.6 is 45.5 Å². The van der Waals surface area contributed by atoms with Crippen LogP contribution in [0.3, 0.4) is 0 Å². The summed E-state index contributed by atoms with van der Waals surface area (Å²) in [4.78, 5) is 34.4. The predicted molar refractivity (Wildman–Crippen MR) is 155 cm³/mol. The zero-order valence-electron chi connectivity index (χ0n) is 20.9. The predicted octanol–water partition coefficient (Wildman–Crippen LogP) is 4.47. The number of phenolic OH excluding ortho intramolecular Hbond substituents is 1. The van der Waals surface area contributed by atoms with Crippen LogP contribution < -0.4 is 19.6 Å². The van der Waals surface area contributed by atoms with Crippen LogP contribution in [0.4, 0.5) is 0 Å². The van der Waals surface area contributed by atoms with E-state index in [-0.39, 0.29) is 17.2 Å². The van der Waals surface area contributed by atoms with E-state index in [2.05, 4.69) is 0 Å². The van der Waals surface area contributed by atoms with E-state index in [0.717, 1.165) is 5.56 Å². The van der Waals surface area contributed by atoms with Crippen LogP contribution in [0.25, 0.3) is 6.08 Å². The van der Waals surface area contributed by atoms with Gasteiger partial charge in [0.15, 0.2) is 16.3 Å². The molecule has 2 aromatic carbocycles. The minimum absolute atomic E-state index is 0.0685. The van der Waals surface area contributed by atoms with Gasteiger partial charge in [-0.3, -0.25) is 14.2 Å². The zero-order chi connectivity index (χ0) is 26.9. The smallest absolute Gasteiger partial charge is 0.271 e. The molecule has 3 aromatic rings. The van der Waals surface area contributed by atoms with Gasteiger partial charge in [-0.05, 0) is 91.8 Å². The SMILES string of the molecule is CCOc1cc(/C=c2/sc3n(c2=O)[C@@H](c2ccc(Cl)cc2)C(C(=O)N(CC)CC)=C(C)N=3)cc(I)c1O. The molecule has 0 saturated carbocycles. The van der Waals surface area contributed by atoms with Crippen LogP contribution in [-0.2, 0) is 4.79 Å². The molecule has 0 unspecified atom stereocenters. The van der Waals surface area contributed by atoms with E-state index in [9.17, 15) is 14.7 Å². The lowest BCUT2D eigenvalue weighted by Gasteiger charge is -2.29. The number of carbonyl (C=O) groups is 1. The number of aromatic hydroxyl groups is 1. The summed E-state index contributed by atoms with van der Waals surface area (Å²) in [5.41, 5.74) is 2.31. The quantitative estimate of drug-likeness (QED) is 0.383. The number of aromatic nitrogens is 1. The molecule has 1 aliphatic heterocycles. The highest BCUT2D eigenvalue weighted by Gasteiger charge is 2.34. The summed E-state index contributed by atoms with van der Waals surface area (Å²) < 4.78 is 8.23. The number of likely N-dealkylation sites (N-methyl/N-ethyl adjacent to an activating group) is 1. The molecule has 1 aromatic heterocycles. The first-order valence-electron chi connectivity index (χ1n) is 11.9. The number of halogens is 2. The topological polar surface area (TPSA) is 84.1 Å². The number of nitrogens with zero attached hydrogens (tertiary/aromatic N) is 3. The average molecular weight is 652 g/mol. The van der Waals surface area contributed by atoms with Crippen molar-refractivity contribution in [1.82, 2.24) is 9.47 Å². The van der Waals surface area contributed by atoms with Gasteiger partial charge in [0, 0.05) is 18.1 Å². The van der Waals surface area contributed by atoms with E-state index in [1.165, 1.54) is 11.3 Å². The normalized spacial score (nSPS) is 15.4. The monoisotopic (exact) mass is 651 g/mol. The van der Waals surface area contributed by atoms with Gasteiger partial charge in [0.05, 0.1) is 32.0 Å². The summed E-state index contributed by atoms with van der Waals surface area (Å²) >= 11 is 9.45. The van der Waals surface area contributed by atoms with Gasteiger partial charge in [0.25, 0.3) is 11.5 Å². The van der Waals surface area contributed by atoms with Gasteiger partial charge in [0.1, 0.15) is 0 Å². The molecule has 7 nitrogen and oxygen atoms in total. The molecular formula is C27H27ClIN3O4S. The Kier molecular flexibility index (Phi) is 8.45. The highest BCUT2D eigenvalue weighted by molar-refractivity contribution is 14.1. The Morgan fingerprint density at radius 1 is 1.24 bits per heavy atom. The van der Waals surface area contributed by atoms with Crippen molar-refractivity contribution in [3.8, 4) is 11.5 Å². The van der Waals surface area contributed by atoms with Crippen molar-refractivity contribution in [2.24, 2.45) is 4.99 Å². The van der Waals surface area contributed by atoms with Crippen molar-refractivity contribution in [3.63, 3.8) is 0 Å². The second-order valence-corrected chi connectivity index (χ2v) is 11.0. The Labute approximate surface area is 237 Å². The summed E-state index contributed by atoms with van der Waals surface area (Å²) in [5.74, 6) is 0.282. The first-order valence-corrected chi connectivity index (χ1v) is 14.2. The molecule has 1 aliphatic rings. The fraction of sp³-hybridized carbons (Fsp3) is 0.296. The number of phenols is 1. The second kappa shape index (κ2) is 11.4. The van der Waals surface area contributed by atoms with Crippen molar-refractivity contribution in [3.05, 3.63) is 87.1 Å². The Morgan fingerprint density at radius 2 is 1.92 bits per heavy atom. The first kappa shape index (κ1) is 27.4. The molecule has 0 aliphatic carbocycles. The maximum Gasteiger partial charge on any atom is 0.271 e. The molecule has 0 radical (unpaired) electrons. The van der Waals surface area contributed by atoms with Gasteiger partial charge in [-0.2, -0.15) is 0 Å². The molecule has 0 spiro atoms. The molecular weight excluding hydrogens is 625 g/mol. The number of rotatable bonds is 7. The van der Waals surface area contributed by atoms with Crippen LogP contribution in [0, 0.1) is 3.57 Å². The van der Waals surface area contributed by atoms with E-state index in [1.54, 1.807) is 39.8 Å². The lowest BCUT2D eigenvalue weighted by Crippen LogP contribution is -2.43. The molecule has 0 fully saturated rings. The Balaban J connectivity index is 1.94. The van der Waals surface area contributed by atoms with Gasteiger partial charge in [-0.15, -0.1) is 0 Å². The summed E-state index contributed by atoms with van der Waals surface area (Å²) in [6, 6.07) is 10.1. The van der Waals surface area contributed by atoms with Crippen molar-refractivity contribution in [1.29, 1.82) is 0 Å². The van der Waals surface area contributed by atoms with E-state index in [4.69, 9.17) is 21.3 Å². The summed E-state index contributed by atoms with van der Waals surface area (Å²) in [6.07, 6.45) is 1.76. The van der Waals surface area contributed by atoms with Crippen LogP contribution in [0.5, 0.6) is 11.5 Å². The van der Waals surface area contributed by atoms with Crippen molar-refractivity contribution < 1.29 is 14.6 Å². The second-order valence-electron chi connectivity index (χ2n) is 8.39. The van der Waals surface area contributed by atoms with Crippen LogP contribution in [0.1, 0.15) is 44.9 Å². The minimum atomic E-state index is -0.636. The average Bonchev–Trinajstić information content (AvgIpc) is 3.17. The fourth-order valence-corrected chi connectivity index (χ4v) is 6.13. The maximum absolute atomic E-state index is 13.8. The molecule has 1 N–H and O–H groups in total. The molecule has 1 atom stereocenters. The summed E-state index contributed by atoms with van der Waals surface area (Å²) in [6.45, 7) is 9.01. The fourth-order valence-electron chi connectivity index (χ4n) is 4.33. The third kappa shape index (κ3) is 5.35. The van der Waals surface area contributed by atoms with Gasteiger partial charge in [0.2, 0.25) is 0 Å². The third-order valence-corrected chi connectivity index (χ3v) is 8.19. The number of hydrogen-bond donors (Lipinski definition) is 1. The van der Waals surface area contributed by atoms with E-state index in [1.807, 2.05) is 62.4 Å². The van der Waals surface area contributed by atoms with E-state index in [0.29, 0.717) is 60.2 Å². The van der Waals surface area contributed by atoms with E-state index >= 15 is 0 Å². The molecule has 4 rings (SSSR count). The number of thiazole rings is 1. The number of hydrogen-bond acceptors (Lipinski definition) is 6. The lowest BCUT2D eigenvalue weighted by atomic mass is 9.94. The van der Waals surface area contributed by atoms with Crippen molar-refractivity contribution >= 4 is 57.5 Å². The molecule has 194 valence electrons. The summed E-state index contributed by atoms with van der Waals surface area (Å²) in [7, 11) is 0. The number of benzene rings is 2. The Morgan fingerprint density at radius 3 is 2.54 bits per heavy atom. The lowest BCUT2D eigenvalue weighted by molar-refractivity contribution is -0.127. The largest absolute Gasteiger partial charge is 0.504 e. The first-order chi connectivity index (χ1) is 17.7. The van der Waals surface area contributed by atoms with E-state index < -0.39 is 6.04 Å². The number of ether oxygens (including phenoxy) is 1. The van der Waals surface area contributed by atoms with Gasteiger partial charge in [-0.1, -0.05) is 35.1 Å². The van der Waals surface area contributed by atoms with Crippen LogP contribution in [-0.4, -0.2) is 40.2 Å².